The molecule has 100 valence electrons. The van der Waals surface area contributed by atoms with Crippen LogP contribution in [-0.2, 0) is 0 Å². The van der Waals surface area contributed by atoms with Crippen LogP contribution >= 0.6 is 0 Å². The van der Waals surface area contributed by atoms with Crippen molar-refractivity contribution in [1.82, 2.24) is 4.98 Å². The van der Waals surface area contributed by atoms with E-state index in [1.165, 1.54) is 16.5 Å². The number of aromatic nitrogens is 1. The van der Waals surface area contributed by atoms with Crippen molar-refractivity contribution in [2.45, 2.75) is 13.8 Å². The summed E-state index contributed by atoms with van der Waals surface area (Å²) in [5.74, 6) is 0. The van der Waals surface area contributed by atoms with Gasteiger partial charge in [-0.2, -0.15) is 0 Å². The fourth-order valence-electron chi connectivity index (χ4n) is 2.67. The first-order chi connectivity index (χ1) is 9.70. The summed E-state index contributed by atoms with van der Waals surface area (Å²) in [5, 5.41) is 4.52. The summed E-state index contributed by atoms with van der Waals surface area (Å²) < 4.78 is 0. The summed E-state index contributed by atoms with van der Waals surface area (Å²) >= 11 is 0. The van der Waals surface area contributed by atoms with Crippen molar-refractivity contribution in [1.29, 1.82) is 0 Å². The third-order valence-electron chi connectivity index (χ3n) is 3.68. The second-order valence-electron chi connectivity index (χ2n) is 5.10. The van der Waals surface area contributed by atoms with Crippen molar-refractivity contribution in [2.24, 2.45) is 0 Å². The Kier molecular flexibility index (Phi) is 3.15. The van der Waals surface area contributed by atoms with Crippen molar-refractivity contribution < 1.29 is 0 Å². The fraction of sp³-hybridized carbons (Fsp3) is 0.167. The molecule has 0 radical (unpaired) electrons. The lowest BCUT2D eigenvalue weighted by molar-refractivity contribution is 1.31. The summed E-state index contributed by atoms with van der Waals surface area (Å²) in [5.41, 5.74) is 6.84. The highest BCUT2D eigenvalue weighted by Gasteiger charge is 2.12. The van der Waals surface area contributed by atoms with Gasteiger partial charge < -0.3 is 5.32 Å². The highest BCUT2D eigenvalue weighted by Crippen LogP contribution is 2.33. The largest absolute Gasteiger partial charge is 0.387 e. The lowest BCUT2D eigenvalue weighted by atomic mass is 10.0. The number of fused-ring (bicyclic) bond motifs is 1. The van der Waals surface area contributed by atoms with E-state index in [0.717, 1.165) is 22.5 Å². The first-order valence-electron chi connectivity index (χ1n) is 6.85. The molecule has 3 aromatic rings. The molecule has 2 nitrogen and oxygen atoms in total. The van der Waals surface area contributed by atoms with E-state index in [0.29, 0.717) is 0 Å². The Morgan fingerprint density at radius 3 is 2.40 bits per heavy atom. The monoisotopic (exact) mass is 262 g/mol. The number of pyridine rings is 1. The van der Waals surface area contributed by atoms with Crippen LogP contribution < -0.4 is 5.32 Å². The van der Waals surface area contributed by atoms with Gasteiger partial charge in [-0.25, -0.2) is 4.98 Å². The van der Waals surface area contributed by atoms with Crippen molar-refractivity contribution >= 4 is 16.6 Å². The topological polar surface area (TPSA) is 24.9 Å². The minimum Gasteiger partial charge on any atom is -0.387 e. The fourth-order valence-corrected chi connectivity index (χ4v) is 2.67. The quantitative estimate of drug-likeness (QED) is 0.732. The Morgan fingerprint density at radius 1 is 0.950 bits per heavy atom. The van der Waals surface area contributed by atoms with E-state index in [1.807, 2.05) is 13.1 Å². The normalized spacial score (nSPS) is 10.8. The maximum absolute atomic E-state index is 4.85. The van der Waals surface area contributed by atoms with Crippen molar-refractivity contribution in [2.75, 3.05) is 12.4 Å². The minimum atomic E-state index is 1.03. The Labute approximate surface area is 119 Å². The van der Waals surface area contributed by atoms with Crippen LogP contribution in [0, 0.1) is 13.8 Å². The molecule has 0 saturated heterocycles. The zero-order valence-electron chi connectivity index (χ0n) is 12.1. The predicted octanol–water partition coefficient (Wildman–Crippen LogP) is 4.56. The van der Waals surface area contributed by atoms with E-state index in [4.69, 9.17) is 4.98 Å². The van der Waals surface area contributed by atoms with E-state index in [-0.39, 0.29) is 0 Å². The number of hydrogen-bond acceptors (Lipinski definition) is 2. The predicted molar refractivity (Wildman–Crippen MR) is 86.2 cm³/mol. The molecule has 2 heteroatoms. The molecule has 2 aromatic carbocycles. The molecule has 0 aliphatic rings. The molecule has 0 fully saturated rings. The Morgan fingerprint density at radius 2 is 1.70 bits per heavy atom. The van der Waals surface area contributed by atoms with Gasteiger partial charge in [-0.15, -0.1) is 0 Å². The van der Waals surface area contributed by atoms with Gasteiger partial charge in [-0.3, -0.25) is 0 Å². The Balaban J connectivity index is 2.35. The van der Waals surface area contributed by atoms with E-state index >= 15 is 0 Å². The lowest BCUT2D eigenvalue weighted by Crippen LogP contribution is -1.99. The standard InChI is InChI=1S/C18H18N2/c1-12-9-10-16-15(11-12)18(19-3)13(2)17(20-16)14-7-5-4-6-8-14/h4-11H,1-3H3,(H,19,20). The molecule has 0 bridgehead atoms. The molecule has 0 amide bonds. The molecule has 0 spiro atoms. The molecular formula is C18H18N2. The van der Waals surface area contributed by atoms with Gasteiger partial charge in [0.1, 0.15) is 0 Å². The molecule has 1 aromatic heterocycles. The van der Waals surface area contributed by atoms with Crippen LogP contribution in [0.1, 0.15) is 11.1 Å². The maximum atomic E-state index is 4.85. The molecule has 0 saturated carbocycles. The van der Waals surface area contributed by atoms with E-state index < -0.39 is 0 Å². The number of hydrogen-bond donors (Lipinski definition) is 1. The van der Waals surface area contributed by atoms with Gasteiger partial charge >= 0.3 is 0 Å². The number of anilines is 1. The Bertz CT molecular complexity index is 761. The third kappa shape index (κ3) is 2.03. The minimum absolute atomic E-state index is 1.03. The number of nitrogens with zero attached hydrogens (tertiary/aromatic N) is 1. The van der Waals surface area contributed by atoms with Crippen LogP contribution in [0.25, 0.3) is 22.2 Å². The molecule has 1 N–H and O–H groups in total. The second kappa shape index (κ2) is 4.97. The van der Waals surface area contributed by atoms with E-state index in [1.54, 1.807) is 0 Å². The zero-order chi connectivity index (χ0) is 14.1. The van der Waals surface area contributed by atoms with Gasteiger partial charge in [0.25, 0.3) is 0 Å². The van der Waals surface area contributed by atoms with Crippen LogP contribution in [0.5, 0.6) is 0 Å². The smallest absolute Gasteiger partial charge is 0.0759 e. The van der Waals surface area contributed by atoms with Gasteiger partial charge in [0.05, 0.1) is 11.2 Å². The van der Waals surface area contributed by atoms with Crippen LogP contribution in [0.15, 0.2) is 48.5 Å². The summed E-state index contributed by atoms with van der Waals surface area (Å²) in [6.07, 6.45) is 0. The van der Waals surface area contributed by atoms with E-state index in [2.05, 4.69) is 61.6 Å². The summed E-state index contributed by atoms with van der Waals surface area (Å²) in [4.78, 5) is 4.85. The molecule has 0 atom stereocenters. The zero-order valence-corrected chi connectivity index (χ0v) is 12.1. The number of nitrogens with one attached hydrogen (secondary N) is 1. The number of rotatable bonds is 2. The molecule has 0 unspecified atom stereocenters. The van der Waals surface area contributed by atoms with Gasteiger partial charge in [0, 0.05) is 23.7 Å². The summed E-state index contributed by atoms with van der Waals surface area (Å²) in [7, 11) is 1.97. The summed E-state index contributed by atoms with van der Waals surface area (Å²) in [6, 6.07) is 16.7. The van der Waals surface area contributed by atoms with Crippen LogP contribution in [0.4, 0.5) is 5.69 Å². The third-order valence-corrected chi connectivity index (χ3v) is 3.68. The molecule has 20 heavy (non-hydrogen) atoms. The Hall–Kier alpha value is -2.35. The van der Waals surface area contributed by atoms with Gasteiger partial charge in [-0.1, -0.05) is 42.0 Å². The number of benzene rings is 2. The number of aryl methyl sites for hydroxylation is 1. The first kappa shape index (κ1) is 12.7. The first-order valence-corrected chi connectivity index (χ1v) is 6.85. The molecule has 3 rings (SSSR count). The molecule has 0 aliphatic carbocycles. The summed E-state index contributed by atoms with van der Waals surface area (Å²) in [6.45, 7) is 4.24. The second-order valence-corrected chi connectivity index (χ2v) is 5.10. The van der Waals surface area contributed by atoms with Crippen molar-refractivity contribution in [3.05, 3.63) is 59.7 Å². The molecular weight excluding hydrogens is 244 g/mol. The van der Waals surface area contributed by atoms with Gasteiger partial charge in [-0.05, 0) is 31.5 Å². The van der Waals surface area contributed by atoms with Crippen LogP contribution in [-0.4, -0.2) is 12.0 Å². The molecule has 1 heterocycles. The van der Waals surface area contributed by atoms with E-state index in [9.17, 15) is 0 Å². The van der Waals surface area contributed by atoms with Crippen molar-refractivity contribution in [3.63, 3.8) is 0 Å². The average molecular weight is 262 g/mol. The maximum Gasteiger partial charge on any atom is 0.0759 e. The average Bonchev–Trinajstić information content (AvgIpc) is 2.48. The van der Waals surface area contributed by atoms with Gasteiger partial charge in [0.15, 0.2) is 0 Å². The highest BCUT2D eigenvalue weighted by molar-refractivity contribution is 5.96. The van der Waals surface area contributed by atoms with Crippen LogP contribution in [0.3, 0.4) is 0 Å². The SMILES string of the molecule is CNc1c(C)c(-c2ccccc2)nc2ccc(C)cc12. The van der Waals surface area contributed by atoms with Gasteiger partial charge in [0.2, 0.25) is 0 Å². The van der Waals surface area contributed by atoms with Crippen LogP contribution in [0.2, 0.25) is 0 Å². The molecule has 0 aliphatic heterocycles. The highest BCUT2D eigenvalue weighted by atomic mass is 14.8. The lowest BCUT2D eigenvalue weighted by Gasteiger charge is -2.14. The van der Waals surface area contributed by atoms with Crippen molar-refractivity contribution in [3.8, 4) is 11.3 Å².